The summed E-state index contributed by atoms with van der Waals surface area (Å²) >= 11 is 1.93. The zero-order chi connectivity index (χ0) is 12.6. The van der Waals surface area contributed by atoms with E-state index in [2.05, 4.69) is 42.5 Å². The van der Waals surface area contributed by atoms with Crippen LogP contribution < -0.4 is 0 Å². The number of rotatable bonds is 7. The molecule has 2 aromatic rings. The first-order chi connectivity index (χ1) is 8.90. The van der Waals surface area contributed by atoms with Gasteiger partial charge in [0.15, 0.2) is 0 Å². The van der Waals surface area contributed by atoms with Crippen molar-refractivity contribution in [2.45, 2.75) is 30.6 Å². The molecule has 0 unspecified atom stereocenters. The van der Waals surface area contributed by atoms with E-state index in [1.54, 1.807) is 0 Å². The van der Waals surface area contributed by atoms with Crippen LogP contribution in [0.5, 0.6) is 0 Å². The summed E-state index contributed by atoms with van der Waals surface area (Å²) in [5, 5.41) is 11.3. The molecule has 2 rings (SSSR count). The highest BCUT2D eigenvalue weighted by Crippen LogP contribution is 2.24. The molecule has 0 aliphatic carbocycles. The first-order valence-corrected chi connectivity index (χ1v) is 7.61. The van der Waals surface area contributed by atoms with Gasteiger partial charge in [-0.2, -0.15) is 0 Å². The second-order valence-corrected chi connectivity index (χ2v) is 5.66. The Morgan fingerprint density at radius 1 is 0.833 bits per heavy atom. The molecule has 0 radical (unpaired) electrons. The van der Waals surface area contributed by atoms with Gasteiger partial charge in [0, 0.05) is 11.5 Å². The predicted octanol–water partition coefficient (Wildman–Crippen LogP) is 4.48. The summed E-state index contributed by atoms with van der Waals surface area (Å²) in [6.45, 7) is 0.331. The maximum Gasteiger partial charge on any atom is 0.0431 e. The fourth-order valence-electron chi connectivity index (χ4n) is 2.01. The van der Waals surface area contributed by atoms with Crippen molar-refractivity contribution in [2.75, 3.05) is 12.4 Å². The van der Waals surface area contributed by atoms with E-state index in [0.29, 0.717) is 6.61 Å². The van der Waals surface area contributed by atoms with Crippen LogP contribution in [0.25, 0.3) is 10.8 Å². The van der Waals surface area contributed by atoms with Gasteiger partial charge in [-0.1, -0.05) is 43.2 Å². The molecular formula is C16H20OS. The van der Waals surface area contributed by atoms with Gasteiger partial charge in [0.2, 0.25) is 0 Å². The van der Waals surface area contributed by atoms with Gasteiger partial charge in [-0.15, -0.1) is 11.8 Å². The van der Waals surface area contributed by atoms with E-state index in [0.717, 1.165) is 12.8 Å². The van der Waals surface area contributed by atoms with Crippen molar-refractivity contribution < 1.29 is 5.11 Å². The smallest absolute Gasteiger partial charge is 0.0431 e. The lowest BCUT2D eigenvalue weighted by atomic mass is 10.1. The standard InChI is InChI=1S/C16H20OS/c17-11-5-1-2-6-12-18-16-10-9-14-7-3-4-8-15(14)13-16/h3-4,7-10,13,17H,1-2,5-6,11-12H2. The van der Waals surface area contributed by atoms with Gasteiger partial charge >= 0.3 is 0 Å². The number of hydrogen-bond acceptors (Lipinski definition) is 2. The molecule has 1 nitrogen and oxygen atoms in total. The highest BCUT2D eigenvalue weighted by Gasteiger charge is 1.97. The maximum atomic E-state index is 8.70. The topological polar surface area (TPSA) is 20.2 Å². The summed E-state index contributed by atoms with van der Waals surface area (Å²) in [5.41, 5.74) is 0. The Morgan fingerprint density at radius 3 is 2.44 bits per heavy atom. The SMILES string of the molecule is OCCCCCCSc1ccc2ccccc2c1. The molecule has 0 heterocycles. The van der Waals surface area contributed by atoms with Gasteiger partial charge in [-0.3, -0.25) is 0 Å². The van der Waals surface area contributed by atoms with Crippen LogP contribution in [-0.2, 0) is 0 Å². The largest absolute Gasteiger partial charge is 0.396 e. The Bertz CT molecular complexity index is 481. The van der Waals surface area contributed by atoms with Gasteiger partial charge in [-0.25, -0.2) is 0 Å². The molecule has 0 saturated carbocycles. The van der Waals surface area contributed by atoms with E-state index < -0.39 is 0 Å². The van der Waals surface area contributed by atoms with Crippen LogP contribution in [-0.4, -0.2) is 17.5 Å². The van der Waals surface area contributed by atoms with Gasteiger partial charge in [0.25, 0.3) is 0 Å². The summed E-state index contributed by atoms with van der Waals surface area (Å²) in [6.07, 6.45) is 4.55. The minimum absolute atomic E-state index is 0.331. The van der Waals surface area contributed by atoms with Crippen molar-refractivity contribution >= 4 is 22.5 Å². The first-order valence-electron chi connectivity index (χ1n) is 6.62. The summed E-state index contributed by atoms with van der Waals surface area (Å²) < 4.78 is 0. The van der Waals surface area contributed by atoms with Crippen LogP contribution in [0.15, 0.2) is 47.4 Å². The fraction of sp³-hybridized carbons (Fsp3) is 0.375. The van der Waals surface area contributed by atoms with Crippen molar-refractivity contribution in [1.82, 2.24) is 0 Å². The van der Waals surface area contributed by atoms with E-state index in [1.165, 1.54) is 34.3 Å². The second-order valence-electron chi connectivity index (χ2n) is 4.50. The third-order valence-corrected chi connectivity index (χ3v) is 4.12. The number of aliphatic hydroxyl groups excluding tert-OH is 1. The van der Waals surface area contributed by atoms with Crippen LogP contribution in [0.3, 0.4) is 0 Å². The Balaban J connectivity index is 1.81. The first kappa shape index (κ1) is 13.4. The minimum atomic E-state index is 0.331. The molecule has 0 aromatic heterocycles. The number of fused-ring (bicyclic) bond motifs is 1. The van der Waals surface area contributed by atoms with Crippen molar-refractivity contribution in [2.24, 2.45) is 0 Å². The van der Waals surface area contributed by atoms with E-state index >= 15 is 0 Å². The molecule has 0 bridgehead atoms. The zero-order valence-electron chi connectivity index (χ0n) is 10.6. The molecule has 0 saturated heterocycles. The fourth-order valence-corrected chi connectivity index (χ4v) is 2.97. The molecule has 0 aliphatic rings. The van der Waals surface area contributed by atoms with Crippen LogP contribution in [0, 0.1) is 0 Å². The average molecular weight is 260 g/mol. The van der Waals surface area contributed by atoms with Crippen LogP contribution in [0.4, 0.5) is 0 Å². The molecule has 2 aromatic carbocycles. The Labute approximate surface area is 113 Å². The average Bonchev–Trinajstić information content (AvgIpc) is 2.42. The van der Waals surface area contributed by atoms with Crippen molar-refractivity contribution in [3.8, 4) is 0 Å². The number of unbranched alkanes of at least 4 members (excludes halogenated alkanes) is 3. The van der Waals surface area contributed by atoms with E-state index in [9.17, 15) is 0 Å². The van der Waals surface area contributed by atoms with Gasteiger partial charge in [-0.05, 0) is 41.5 Å². The normalized spacial score (nSPS) is 10.9. The molecule has 96 valence electrons. The molecule has 0 aliphatic heterocycles. The van der Waals surface area contributed by atoms with E-state index in [-0.39, 0.29) is 0 Å². The van der Waals surface area contributed by atoms with Crippen molar-refractivity contribution in [3.05, 3.63) is 42.5 Å². The summed E-state index contributed by atoms with van der Waals surface area (Å²) in [5.74, 6) is 1.17. The van der Waals surface area contributed by atoms with Crippen molar-refractivity contribution in [3.63, 3.8) is 0 Å². The maximum absolute atomic E-state index is 8.70. The highest BCUT2D eigenvalue weighted by atomic mass is 32.2. The van der Waals surface area contributed by atoms with E-state index in [4.69, 9.17) is 5.11 Å². The molecule has 2 heteroatoms. The van der Waals surface area contributed by atoms with Crippen LogP contribution >= 0.6 is 11.8 Å². The molecule has 0 atom stereocenters. The molecule has 0 amide bonds. The lowest BCUT2D eigenvalue weighted by Gasteiger charge is -2.04. The monoisotopic (exact) mass is 260 g/mol. The number of hydrogen-bond donors (Lipinski definition) is 1. The molecule has 0 fully saturated rings. The third kappa shape index (κ3) is 4.04. The third-order valence-electron chi connectivity index (χ3n) is 3.04. The minimum Gasteiger partial charge on any atom is -0.396 e. The number of thioether (sulfide) groups is 1. The van der Waals surface area contributed by atoms with Gasteiger partial charge in [0.1, 0.15) is 0 Å². The van der Waals surface area contributed by atoms with Crippen LogP contribution in [0.2, 0.25) is 0 Å². The number of benzene rings is 2. The van der Waals surface area contributed by atoms with Crippen molar-refractivity contribution in [1.29, 1.82) is 0 Å². The molecule has 1 N–H and O–H groups in total. The Kier molecular flexibility index (Phi) is 5.56. The summed E-state index contributed by atoms with van der Waals surface area (Å²) in [6, 6.07) is 15.2. The molecule has 18 heavy (non-hydrogen) atoms. The molecule has 0 spiro atoms. The predicted molar refractivity (Wildman–Crippen MR) is 80.2 cm³/mol. The summed E-state index contributed by atoms with van der Waals surface area (Å²) in [7, 11) is 0. The highest BCUT2D eigenvalue weighted by molar-refractivity contribution is 7.99. The Hall–Kier alpha value is -0.990. The van der Waals surface area contributed by atoms with E-state index in [1.807, 2.05) is 11.8 Å². The zero-order valence-corrected chi connectivity index (χ0v) is 11.5. The second kappa shape index (κ2) is 7.45. The van der Waals surface area contributed by atoms with Gasteiger partial charge in [0.05, 0.1) is 0 Å². The quantitative estimate of drug-likeness (QED) is 0.585. The number of aliphatic hydroxyl groups is 1. The lowest BCUT2D eigenvalue weighted by Crippen LogP contribution is -1.85. The Morgan fingerprint density at radius 2 is 1.61 bits per heavy atom. The summed E-state index contributed by atoms with van der Waals surface area (Å²) in [4.78, 5) is 1.36. The lowest BCUT2D eigenvalue weighted by molar-refractivity contribution is 0.283. The van der Waals surface area contributed by atoms with Gasteiger partial charge < -0.3 is 5.11 Å². The van der Waals surface area contributed by atoms with Crippen LogP contribution in [0.1, 0.15) is 25.7 Å². The molecular weight excluding hydrogens is 240 g/mol.